The van der Waals surface area contributed by atoms with Gasteiger partial charge in [0.15, 0.2) is 0 Å². The van der Waals surface area contributed by atoms with Gasteiger partial charge < -0.3 is 10.3 Å². The maximum absolute atomic E-state index is 12.8. The van der Waals surface area contributed by atoms with Gasteiger partial charge in [-0.05, 0) is 24.6 Å². The first-order valence-corrected chi connectivity index (χ1v) is 7.32. The molecule has 0 saturated carbocycles. The van der Waals surface area contributed by atoms with E-state index >= 15 is 0 Å². The smallest absolute Gasteiger partial charge is 0.264 e. The summed E-state index contributed by atoms with van der Waals surface area (Å²) in [4.78, 5) is 31.4. The first kappa shape index (κ1) is 16.9. The van der Waals surface area contributed by atoms with E-state index in [1.54, 1.807) is 19.1 Å². The van der Waals surface area contributed by atoms with Crippen LogP contribution in [-0.2, 0) is 12.0 Å². The molecule has 1 aromatic heterocycles. The Balaban J connectivity index is 2.19. The molecule has 2 rings (SSSR count). The van der Waals surface area contributed by atoms with E-state index in [-0.39, 0.29) is 23.3 Å². The third-order valence-electron chi connectivity index (χ3n) is 3.40. The average molecular weight is 317 g/mol. The highest BCUT2D eigenvalue weighted by atomic mass is 19.1. The number of amides is 1. The minimum absolute atomic E-state index is 0.000103. The van der Waals surface area contributed by atoms with Gasteiger partial charge in [-0.1, -0.05) is 32.9 Å². The van der Waals surface area contributed by atoms with Crippen molar-refractivity contribution in [3.05, 3.63) is 63.1 Å². The molecule has 122 valence electrons. The highest BCUT2D eigenvalue weighted by molar-refractivity contribution is 5.94. The molecular formula is C17H20FN3O2. The van der Waals surface area contributed by atoms with E-state index in [0.717, 1.165) is 5.56 Å². The lowest BCUT2D eigenvalue weighted by Gasteiger charge is -2.18. The number of aromatic amines is 1. The van der Waals surface area contributed by atoms with Crippen molar-refractivity contribution in [2.45, 2.75) is 39.7 Å². The molecule has 0 fully saturated rings. The van der Waals surface area contributed by atoms with Crippen molar-refractivity contribution in [1.82, 2.24) is 15.3 Å². The van der Waals surface area contributed by atoms with Gasteiger partial charge in [-0.2, -0.15) is 0 Å². The normalized spacial score (nSPS) is 11.3. The molecular weight excluding hydrogens is 297 g/mol. The van der Waals surface area contributed by atoms with Gasteiger partial charge in [0.2, 0.25) is 0 Å². The summed E-state index contributed by atoms with van der Waals surface area (Å²) < 4.78 is 12.8. The van der Waals surface area contributed by atoms with Crippen LogP contribution < -0.4 is 10.9 Å². The van der Waals surface area contributed by atoms with Crippen molar-refractivity contribution < 1.29 is 9.18 Å². The molecule has 0 spiro atoms. The zero-order chi connectivity index (χ0) is 17.2. The average Bonchev–Trinajstić information content (AvgIpc) is 2.45. The van der Waals surface area contributed by atoms with Gasteiger partial charge in [0.1, 0.15) is 17.2 Å². The summed E-state index contributed by atoms with van der Waals surface area (Å²) in [6, 6.07) is 5.79. The lowest BCUT2D eigenvalue weighted by atomic mass is 9.95. The Morgan fingerprint density at radius 2 is 1.87 bits per heavy atom. The number of hydrogen-bond acceptors (Lipinski definition) is 3. The molecule has 0 aliphatic rings. The van der Waals surface area contributed by atoms with Crippen LogP contribution in [0, 0.1) is 12.7 Å². The summed E-state index contributed by atoms with van der Waals surface area (Å²) in [5.74, 6) is -0.301. The molecule has 0 aliphatic carbocycles. The molecule has 2 N–H and O–H groups in total. The fourth-order valence-corrected chi connectivity index (χ4v) is 2.08. The van der Waals surface area contributed by atoms with E-state index < -0.39 is 11.5 Å². The number of nitrogens with zero attached hydrogens (tertiary/aromatic N) is 1. The number of carbonyl (C=O) groups is 1. The molecule has 6 heteroatoms. The quantitative estimate of drug-likeness (QED) is 0.913. The van der Waals surface area contributed by atoms with Crippen LogP contribution in [0.25, 0.3) is 0 Å². The minimum Gasteiger partial charge on any atom is -0.348 e. The Morgan fingerprint density at radius 1 is 1.26 bits per heavy atom. The molecule has 23 heavy (non-hydrogen) atoms. The van der Waals surface area contributed by atoms with Crippen LogP contribution in [0.2, 0.25) is 0 Å². The van der Waals surface area contributed by atoms with Gasteiger partial charge in [0.05, 0.1) is 5.69 Å². The Hall–Kier alpha value is -2.50. The predicted octanol–water partition coefficient (Wildman–Crippen LogP) is 2.44. The summed E-state index contributed by atoms with van der Waals surface area (Å²) in [5, 5.41) is 2.65. The zero-order valence-electron chi connectivity index (χ0n) is 13.7. The number of hydrogen-bond donors (Lipinski definition) is 2. The molecule has 0 atom stereocenters. The number of nitrogens with one attached hydrogen (secondary N) is 2. The predicted molar refractivity (Wildman–Crippen MR) is 85.9 cm³/mol. The van der Waals surface area contributed by atoms with Gasteiger partial charge in [-0.3, -0.25) is 9.59 Å². The molecule has 2 aromatic rings. The van der Waals surface area contributed by atoms with E-state index in [4.69, 9.17) is 0 Å². The van der Waals surface area contributed by atoms with Crippen LogP contribution in [0.3, 0.4) is 0 Å². The van der Waals surface area contributed by atoms with E-state index in [2.05, 4.69) is 15.3 Å². The second kappa shape index (κ2) is 6.32. The van der Waals surface area contributed by atoms with E-state index in [1.807, 2.05) is 20.8 Å². The highest BCUT2D eigenvalue weighted by Crippen LogP contribution is 2.17. The fraction of sp³-hybridized carbons (Fsp3) is 0.353. The molecule has 0 saturated heterocycles. The topological polar surface area (TPSA) is 74.8 Å². The molecule has 0 unspecified atom stereocenters. The molecule has 5 nitrogen and oxygen atoms in total. The lowest BCUT2D eigenvalue weighted by Crippen LogP contribution is -2.33. The van der Waals surface area contributed by atoms with Gasteiger partial charge in [0, 0.05) is 12.0 Å². The van der Waals surface area contributed by atoms with E-state index in [0.29, 0.717) is 11.5 Å². The summed E-state index contributed by atoms with van der Waals surface area (Å²) in [5.41, 5.74) is 0.357. The highest BCUT2D eigenvalue weighted by Gasteiger charge is 2.21. The van der Waals surface area contributed by atoms with Crippen LogP contribution in [0.15, 0.2) is 29.1 Å². The first-order chi connectivity index (χ1) is 10.7. The van der Waals surface area contributed by atoms with E-state index in [9.17, 15) is 14.0 Å². The van der Waals surface area contributed by atoms with Crippen molar-refractivity contribution in [2.75, 3.05) is 0 Å². The van der Waals surface area contributed by atoms with Crippen molar-refractivity contribution in [3.63, 3.8) is 0 Å². The number of aromatic nitrogens is 2. The standard InChI is InChI=1S/C17H20FN3O2/c1-10-13(15(23)21-16(20-10)17(2,3)4)14(22)19-9-11-5-7-12(18)8-6-11/h5-8H,9H2,1-4H3,(H,19,22)(H,20,21,23). The van der Waals surface area contributed by atoms with Crippen LogP contribution in [0.1, 0.15) is 48.2 Å². The largest absolute Gasteiger partial charge is 0.348 e. The Morgan fingerprint density at radius 3 is 2.39 bits per heavy atom. The Kier molecular flexibility index (Phi) is 4.63. The number of aryl methyl sites for hydroxylation is 1. The number of rotatable bonds is 3. The van der Waals surface area contributed by atoms with Crippen LogP contribution in [0.5, 0.6) is 0 Å². The molecule has 0 bridgehead atoms. The lowest BCUT2D eigenvalue weighted by molar-refractivity contribution is 0.0948. The van der Waals surface area contributed by atoms with Crippen molar-refractivity contribution in [2.24, 2.45) is 0 Å². The monoisotopic (exact) mass is 317 g/mol. The van der Waals surface area contributed by atoms with E-state index in [1.165, 1.54) is 12.1 Å². The second-order valence-electron chi connectivity index (χ2n) is 6.43. The molecule has 0 radical (unpaired) electrons. The number of halogens is 1. The van der Waals surface area contributed by atoms with Gasteiger partial charge in [-0.25, -0.2) is 9.37 Å². The van der Waals surface area contributed by atoms with Crippen LogP contribution in [0.4, 0.5) is 4.39 Å². The summed E-state index contributed by atoms with van der Waals surface area (Å²) >= 11 is 0. The molecule has 1 amide bonds. The first-order valence-electron chi connectivity index (χ1n) is 7.32. The number of benzene rings is 1. The Bertz CT molecular complexity index is 774. The van der Waals surface area contributed by atoms with Gasteiger partial charge in [0.25, 0.3) is 11.5 Å². The Labute approximate surface area is 134 Å². The minimum atomic E-state index is -0.499. The van der Waals surface area contributed by atoms with Gasteiger partial charge >= 0.3 is 0 Å². The number of H-pyrrole nitrogens is 1. The maximum Gasteiger partial charge on any atom is 0.264 e. The maximum atomic E-state index is 12.8. The SMILES string of the molecule is Cc1nc(C(C)(C)C)[nH]c(=O)c1C(=O)NCc1ccc(F)cc1. The number of carbonyl (C=O) groups excluding carboxylic acids is 1. The summed E-state index contributed by atoms with van der Waals surface area (Å²) in [6.45, 7) is 7.63. The summed E-state index contributed by atoms with van der Waals surface area (Å²) in [6.07, 6.45) is 0. The van der Waals surface area contributed by atoms with Crippen LogP contribution >= 0.6 is 0 Å². The molecule has 0 aliphatic heterocycles. The summed E-state index contributed by atoms with van der Waals surface area (Å²) in [7, 11) is 0. The van der Waals surface area contributed by atoms with Crippen molar-refractivity contribution >= 4 is 5.91 Å². The van der Waals surface area contributed by atoms with Crippen molar-refractivity contribution in [3.8, 4) is 0 Å². The van der Waals surface area contributed by atoms with Crippen molar-refractivity contribution in [1.29, 1.82) is 0 Å². The van der Waals surface area contributed by atoms with Gasteiger partial charge in [-0.15, -0.1) is 0 Å². The zero-order valence-corrected chi connectivity index (χ0v) is 13.7. The molecule has 1 heterocycles. The third kappa shape index (κ3) is 4.03. The van der Waals surface area contributed by atoms with Crippen LogP contribution in [-0.4, -0.2) is 15.9 Å². The third-order valence-corrected chi connectivity index (χ3v) is 3.40. The molecule has 1 aromatic carbocycles. The second-order valence-corrected chi connectivity index (χ2v) is 6.43. The fourth-order valence-electron chi connectivity index (χ4n) is 2.08.